The Morgan fingerprint density at radius 3 is 1.12 bits per heavy atom. The maximum absolute atomic E-state index is 13.4. The van der Waals surface area contributed by atoms with E-state index in [9.17, 15) is 79.4 Å². The van der Waals surface area contributed by atoms with Gasteiger partial charge in [0.1, 0.15) is 39.6 Å². The van der Waals surface area contributed by atoms with E-state index in [1.54, 1.807) is 36.4 Å². The Labute approximate surface area is 653 Å². The Kier molecular flexibility index (Phi) is 25.5. The van der Waals surface area contributed by atoms with Gasteiger partial charge < -0.3 is 17.2 Å². The number of carbonyl (C=O) groups is 1. The first kappa shape index (κ1) is 82.7. The second-order valence-electron chi connectivity index (χ2n) is 23.1. The van der Waals surface area contributed by atoms with Crippen molar-refractivity contribution in [2.24, 2.45) is 0 Å². The van der Waals surface area contributed by atoms with Crippen LogP contribution < -0.4 is 17.2 Å². The predicted molar refractivity (Wildman–Crippen MR) is 400 cm³/mol. The van der Waals surface area contributed by atoms with Crippen LogP contribution in [0.2, 0.25) is 5.15 Å². The number of alkyl halides is 15. The maximum Gasteiger partial charge on any atom is 0.417 e. The molecule has 6 aromatic heterocycles. The number of allylic oxidation sites excluding steroid dienone is 2. The zero-order valence-corrected chi connectivity index (χ0v) is 62.4. The summed E-state index contributed by atoms with van der Waals surface area (Å²) in [7, 11) is 0. The molecule has 568 valence electrons. The van der Waals surface area contributed by atoms with Crippen molar-refractivity contribution in [3.05, 3.63) is 281 Å². The zero-order chi connectivity index (χ0) is 80.7. The van der Waals surface area contributed by atoms with E-state index in [-0.39, 0.29) is 89.9 Å². The van der Waals surface area contributed by atoms with Gasteiger partial charge in [-0.1, -0.05) is 93.5 Å². The Morgan fingerprint density at radius 2 is 0.712 bits per heavy atom. The number of nitrogens with two attached hydrogens (primary N) is 3. The molecule has 0 atom stereocenters. The van der Waals surface area contributed by atoms with Crippen LogP contribution in [-0.2, 0) is 35.9 Å². The number of hydrogen-bond donors (Lipinski definition) is 3. The van der Waals surface area contributed by atoms with Gasteiger partial charge in [-0.05, 0) is 187 Å². The number of anilines is 3. The Bertz CT molecular complexity index is 5600. The van der Waals surface area contributed by atoms with Crippen LogP contribution >= 0.6 is 75.3 Å². The number of carbonyl (C=O) groups excluding carboxylic acids is 1. The number of hydrogen-bond acceptors (Lipinski definition) is 14. The van der Waals surface area contributed by atoms with Gasteiger partial charge in [0.05, 0.1) is 49.9 Å². The molecule has 0 saturated heterocycles. The van der Waals surface area contributed by atoms with Crippen molar-refractivity contribution in [1.82, 2.24) is 50.3 Å². The van der Waals surface area contributed by atoms with E-state index in [1.807, 2.05) is 24.3 Å². The van der Waals surface area contributed by atoms with Crippen molar-refractivity contribution < 1.29 is 79.4 Å². The molecule has 36 heteroatoms. The van der Waals surface area contributed by atoms with Crippen LogP contribution in [0.25, 0.3) is 94.2 Å². The fraction of sp³-hybridized carbons (Fsp3) is 0.0800. The van der Waals surface area contributed by atoms with Crippen LogP contribution in [0.15, 0.2) is 231 Å². The zero-order valence-electron chi connectivity index (χ0n) is 55.3. The summed E-state index contributed by atoms with van der Waals surface area (Å²) in [6.45, 7) is 0. The van der Waals surface area contributed by atoms with Crippen molar-refractivity contribution in [1.29, 1.82) is 0 Å². The van der Waals surface area contributed by atoms with Crippen molar-refractivity contribution >= 4 is 148 Å². The monoisotopic (exact) mass is 1810 g/mol. The summed E-state index contributed by atoms with van der Waals surface area (Å²) in [5.74, 6) is -1.61. The summed E-state index contributed by atoms with van der Waals surface area (Å²) in [6, 6.07) is 44.5. The standard InChI is InChI=1S/2C19H11F4N5.C11H6BrF3O.C10H4BrClF3N.C10H5BrF3N.C6H6BrN/c2*20-12-4-1-10(2-5-12)16-17(27-28-18(24)26-16)11-3-6-15-13(9-11)14(7-8-25-15)19(21,22)23;12-7-2-1-6-3-8(16)5-10(9(6)4-7)11(13,14)15;11-5-1-2-8-6(3-5)7(10(13,14)15)4-9(12)16-8;11-6-1-2-9-7(5-6)8(3-4-15-9)10(12,13)14;7-5-1-3-6(8)4-2-5/h2*1-9H,(H2,24,26,28);1-2,4-5H,3H2;1-4H;1-5H;1-4H,8H2. The summed E-state index contributed by atoms with van der Waals surface area (Å²) in [6.07, 6.45) is -18.3. The number of benzene rings is 8. The molecule has 14 aromatic rings. The third-order valence-corrected chi connectivity index (χ3v) is 17.7. The van der Waals surface area contributed by atoms with Gasteiger partial charge in [-0.2, -0.15) is 65.9 Å². The van der Waals surface area contributed by atoms with Crippen LogP contribution in [0.3, 0.4) is 0 Å². The SMILES string of the molecule is FC(F)(F)c1cc(Cl)nc2ccc(Br)cc12.FC(F)(F)c1ccnc2ccc(Br)cc12.Nc1ccc(Br)cc1.Nc1nnc(-c2ccc3nccc(C(F)(F)F)c3c2)c(-c2ccc(F)cc2)n1.Nc1nnc(-c2ccc3nccc(C(F)(F)F)c3c2)c(-c2ccc(F)cc2)n1.O=C1C=C(C(F)(F)F)c2cc(Br)ccc2C1. The second-order valence-corrected chi connectivity index (χ2v) is 27.2. The molecule has 111 heavy (non-hydrogen) atoms. The largest absolute Gasteiger partial charge is 0.417 e. The van der Waals surface area contributed by atoms with Crippen molar-refractivity contribution in [3.63, 3.8) is 0 Å². The average molecular weight is 1820 g/mol. The van der Waals surface area contributed by atoms with Gasteiger partial charge in [0, 0.05) is 92.4 Å². The number of pyridine rings is 4. The lowest BCUT2D eigenvalue weighted by Gasteiger charge is -2.19. The Morgan fingerprint density at radius 1 is 0.351 bits per heavy atom. The highest BCUT2D eigenvalue weighted by molar-refractivity contribution is 9.11. The first-order chi connectivity index (χ1) is 52.2. The van der Waals surface area contributed by atoms with E-state index in [4.69, 9.17) is 28.8 Å². The summed E-state index contributed by atoms with van der Waals surface area (Å²) in [4.78, 5) is 35.1. The van der Waals surface area contributed by atoms with Gasteiger partial charge >= 0.3 is 30.9 Å². The van der Waals surface area contributed by atoms with Crippen molar-refractivity contribution in [2.75, 3.05) is 17.2 Å². The molecule has 0 fully saturated rings. The lowest BCUT2D eigenvalue weighted by Crippen LogP contribution is -2.19. The lowest BCUT2D eigenvalue weighted by atomic mass is 9.90. The highest BCUT2D eigenvalue weighted by atomic mass is 79.9. The molecule has 8 aromatic carbocycles. The number of rotatable bonds is 4. The number of fused-ring (bicyclic) bond motifs is 5. The van der Waals surface area contributed by atoms with Gasteiger partial charge in [0.25, 0.3) is 0 Å². The number of nitrogen functional groups attached to an aromatic ring is 3. The molecule has 0 spiro atoms. The summed E-state index contributed by atoms with van der Waals surface area (Å²) >= 11 is 18.2. The third-order valence-electron chi connectivity index (χ3n) is 15.5. The molecule has 0 amide bonds. The molecule has 0 saturated carbocycles. The number of nitrogens with zero attached hydrogens (tertiary/aromatic N) is 10. The lowest BCUT2D eigenvalue weighted by molar-refractivity contribution is -0.137. The number of ketones is 1. The van der Waals surface area contributed by atoms with Crippen LogP contribution in [0.5, 0.6) is 0 Å². The molecule has 15 rings (SSSR count). The topological polar surface area (TPSA) is 224 Å². The first-order valence-electron chi connectivity index (χ1n) is 31.2. The molecule has 1 aliphatic rings. The quantitative estimate of drug-likeness (QED) is 0.0847. The van der Waals surface area contributed by atoms with E-state index in [1.165, 1.54) is 109 Å². The van der Waals surface area contributed by atoms with Crippen LogP contribution in [0.1, 0.15) is 33.4 Å². The summed E-state index contributed by atoms with van der Waals surface area (Å²) < 4.78 is 224. The fourth-order valence-electron chi connectivity index (χ4n) is 10.7. The van der Waals surface area contributed by atoms with Gasteiger partial charge in [0.2, 0.25) is 11.9 Å². The second kappa shape index (κ2) is 34.3. The molecule has 6 N–H and O–H groups in total. The minimum atomic E-state index is -4.54. The maximum atomic E-state index is 13.4. The number of aromatic nitrogens is 10. The highest BCUT2D eigenvalue weighted by Gasteiger charge is 2.39. The van der Waals surface area contributed by atoms with Gasteiger partial charge in [-0.3, -0.25) is 19.7 Å². The Hall–Kier alpha value is -10.8. The minimum Gasteiger partial charge on any atom is -0.399 e. The smallest absolute Gasteiger partial charge is 0.399 e. The molecular weight excluding hydrogens is 1780 g/mol. The average Bonchev–Trinajstić information content (AvgIpc) is 0.790. The summed E-state index contributed by atoms with van der Waals surface area (Å²) in [5, 5.41) is 15.3. The third kappa shape index (κ3) is 21.2. The van der Waals surface area contributed by atoms with Gasteiger partial charge in [-0.15, -0.1) is 20.4 Å². The van der Waals surface area contributed by atoms with Crippen LogP contribution in [0.4, 0.5) is 92.2 Å². The molecular formula is C75H43Br4ClF17N13O. The summed E-state index contributed by atoms with van der Waals surface area (Å²) in [5.41, 5.74) is 17.7. The van der Waals surface area contributed by atoms with E-state index in [2.05, 4.69) is 114 Å². The predicted octanol–water partition coefficient (Wildman–Crippen LogP) is 23.2. The van der Waals surface area contributed by atoms with Crippen LogP contribution in [0, 0.1) is 11.6 Å². The highest BCUT2D eigenvalue weighted by Crippen LogP contribution is 2.43. The molecule has 0 aliphatic heterocycles. The molecule has 14 nitrogen and oxygen atoms in total. The van der Waals surface area contributed by atoms with Crippen molar-refractivity contribution in [3.8, 4) is 45.0 Å². The molecule has 1 aliphatic carbocycles. The minimum absolute atomic E-state index is 0.0300. The first-order valence-corrected chi connectivity index (χ1v) is 34.7. The van der Waals surface area contributed by atoms with Gasteiger partial charge in [-0.25, -0.2) is 23.7 Å². The van der Waals surface area contributed by atoms with E-state index < -0.39 is 76.1 Å². The normalized spacial score (nSPS) is 12.2. The molecule has 6 heterocycles. The van der Waals surface area contributed by atoms with E-state index >= 15 is 0 Å². The Balaban J connectivity index is 0.000000147. The van der Waals surface area contributed by atoms with E-state index in [0.29, 0.717) is 52.8 Å². The van der Waals surface area contributed by atoms with Crippen molar-refractivity contribution in [2.45, 2.75) is 37.3 Å². The molecule has 0 bridgehead atoms. The van der Waals surface area contributed by atoms with Crippen LogP contribution in [-0.4, -0.2) is 62.3 Å². The molecule has 0 unspecified atom stereocenters. The van der Waals surface area contributed by atoms with Gasteiger partial charge in [0.15, 0.2) is 5.78 Å². The fourth-order valence-corrected chi connectivity index (χ4v) is 12.2. The van der Waals surface area contributed by atoms with E-state index in [0.717, 1.165) is 46.8 Å². The number of halogens is 22. The molecule has 0 radical (unpaired) electrons.